The number of carbonyl (C=O) groups is 2. The van der Waals surface area contributed by atoms with Crippen LogP contribution in [-0.2, 0) is 16.1 Å². The third kappa shape index (κ3) is 7.01. The number of H-pyrrole nitrogens is 1. The molecule has 2 atom stereocenters. The number of hydrogen-bond acceptors (Lipinski definition) is 6. The highest BCUT2D eigenvalue weighted by atomic mass is 16.5. The number of fused-ring (bicyclic) bond motifs is 1. The van der Waals surface area contributed by atoms with Gasteiger partial charge in [-0.15, -0.1) is 0 Å². The standard InChI is InChI=1S/C30H34B2N4O4/c1-18-12-21(28(16-37)34-24-6-4-20-10-11-33-29(38)26(20)14-24)5-8-25(18)19(2)17-40-30(39)35-23-7-9-27(31)22(13-23)15-36(3)32/h4-14,16,19,28,34H,15,17,31-32H2,1-3H3,(H,33,38)(H,35,39)/t19-,28?/m0/s1. The van der Waals surface area contributed by atoms with Crippen molar-refractivity contribution in [3.8, 4) is 0 Å². The van der Waals surface area contributed by atoms with Crippen molar-refractivity contribution in [3.05, 3.63) is 99.5 Å². The largest absolute Gasteiger partial charge is 0.449 e. The van der Waals surface area contributed by atoms with Gasteiger partial charge in [0.2, 0.25) is 0 Å². The molecule has 4 aromatic rings. The molecule has 1 unspecified atom stereocenters. The van der Waals surface area contributed by atoms with Crippen molar-refractivity contribution in [1.82, 2.24) is 9.79 Å². The molecule has 3 aromatic carbocycles. The molecule has 0 aliphatic rings. The van der Waals surface area contributed by atoms with Gasteiger partial charge in [0, 0.05) is 35.4 Å². The molecule has 4 rings (SSSR count). The Morgan fingerprint density at radius 1 is 1.10 bits per heavy atom. The van der Waals surface area contributed by atoms with Crippen molar-refractivity contribution in [3.63, 3.8) is 0 Å². The number of aromatic amines is 1. The van der Waals surface area contributed by atoms with Gasteiger partial charge in [0.05, 0.1) is 6.61 Å². The van der Waals surface area contributed by atoms with E-state index >= 15 is 0 Å². The summed E-state index contributed by atoms with van der Waals surface area (Å²) in [5.41, 5.74) is 6.33. The van der Waals surface area contributed by atoms with E-state index in [2.05, 4.69) is 28.3 Å². The van der Waals surface area contributed by atoms with Gasteiger partial charge in [0.25, 0.3) is 5.56 Å². The van der Waals surface area contributed by atoms with Crippen LogP contribution in [0, 0.1) is 6.92 Å². The number of ether oxygens (including phenoxy) is 1. The van der Waals surface area contributed by atoms with Crippen LogP contribution in [0.2, 0.25) is 0 Å². The van der Waals surface area contributed by atoms with Gasteiger partial charge in [-0.05, 0) is 71.9 Å². The van der Waals surface area contributed by atoms with Crippen LogP contribution in [0.1, 0.15) is 41.1 Å². The number of rotatable bonds is 10. The zero-order valence-electron chi connectivity index (χ0n) is 23.6. The van der Waals surface area contributed by atoms with Crippen LogP contribution >= 0.6 is 0 Å². The number of nitrogens with zero attached hydrogens (tertiary/aromatic N) is 1. The van der Waals surface area contributed by atoms with E-state index in [4.69, 9.17) is 4.74 Å². The minimum Gasteiger partial charge on any atom is -0.449 e. The van der Waals surface area contributed by atoms with Gasteiger partial charge in [0.15, 0.2) is 7.98 Å². The summed E-state index contributed by atoms with van der Waals surface area (Å²) in [6, 6.07) is 18.3. The Kier molecular flexibility index (Phi) is 9.11. The third-order valence-corrected chi connectivity index (χ3v) is 6.96. The fourth-order valence-corrected chi connectivity index (χ4v) is 4.80. The van der Waals surface area contributed by atoms with Crippen LogP contribution in [0.4, 0.5) is 16.2 Å². The lowest BCUT2D eigenvalue weighted by Crippen LogP contribution is -2.22. The second-order valence-corrected chi connectivity index (χ2v) is 10.5. The van der Waals surface area contributed by atoms with Gasteiger partial charge < -0.3 is 24.6 Å². The van der Waals surface area contributed by atoms with Gasteiger partial charge in [-0.1, -0.05) is 42.7 Å². The summed E-state index contributed by atoms with van der Waals surface area (Å²) in [7, 11) is 6.07. The lowest BCUT2D eigenvalue weighted by molar-refractivity contribution is -0.108. The molecule has 0 aliphatic carbocycles. The molecule has 10 heteroatoms. The highest BCUT2D eigenvalue weighted by Gasteiger charge is 2.16. The van der Waals surface area contributed by atoms with Gasteiger partial charge in [-0.25, -0.2) is 4.79 Å². The predicted octanol–water partition coefficient (Wildman–Crippen LogP) is 2.78. The second-order valence-electron chi connectivity index (χ2n) is 10.5. The van der Waals surface area contributed by atoms with Crippen LogP contribution in [0.3, 0.4) is 0 Å². The first-order valence-electron chi connectivity index (χ1n) is 13.3. The van der Waals surface area contributed by atoms with Crippen LogP contribution in [0.5, 0.6) is 0 Å². The van der Waals surface area contributed by atoms with E-state index in [9.17, 15) is 14.4 Å². The van der Waals surface area contributed by atoms with Crippen molar-refractivity contribution in [2.45, 2.75) is 32.4 Å². The van der Waals surface area contributed by atoms with Gasteiger partial charge in [-0.3, -0.25) is 10.1 Å². The molecule has 204 valence electrons. The first-order valence-corrected chi connectivity index (χ1v) is 13.3. The maximum atomic E-state index is 12.5. The number of aldehydes is 1. The van der Waals surface area contributed by atoms with Crippen LogP contribution < -0.4 is 21.7 Å². The number of carbonyl (C=O) groups excluding carboxylic acids is 2. The van der Waals surface area contributed by atoms with E-state index in [-0.39, 0.29) is 18.1 Å². The zero-order valence-corrected chi connectivity index (χ0v) is 23.6. The molecule has 0 spiro atoms. The topological polar surface area (TPSA) is 104 Å². The number of nitrogens with one attached hydrogen (secondary N) is 3. The van der Waals surface area contributed by atoms with Crippen molar-refractivity contribution in [2.75, 3.05) is 24.3 Å². The highest BCUT2D eigenvalue weighted by Crippen LogP contribution is 2.26. The molecule has 3 N–H and O–H groups in total. The summed E-state index contributed by atoms with van der Waals surface area (Å²) in [6.45, 7) is 4.97. The summed E-state index contributed by atoms with van der Waals surface area (Å²) in [5, 5.41) is 7.43. The number of benzene rings is 3. The monoisotopic (exact) mass is 536 g/mol. The molecule has 0 fully saturated rings. The average molecular weight is 536 g/mol. The Morgan fingerprint density at radius 3 is 2.60 bits per heavy atom. The Morgan fingerprint density at radius 2 is 1.88 bits per heavy atom. The number of pyridine rings is 1. The molecular weight excluding hydrogens is 502 g/mol. The van der Waals surface area contributed by atoms with Gasteiger partial charge >= 0.3 is 6.09 Å². The number of aryl methyl sites for hydroxylation is 1. The Balaban J connectivity index is 1.38. The molecular formula is C30H34B2N4O4. The number of amides is 1. The number of anilines is 2. The quantitative estimate of drug-likeness (QED) is 0.213. The lowest BCUT2D eigenvalue weighted by atomic mass is 9.89. The molecule has 8 nitrogen and oxygen atoms in total. The van der Waals surface area contributed by atoms with E-state index in [1.54, 1.807) is 12.3 Å². The van der Waals surface area contributed by atoms with E-state index < -0.39 is 12.1 Å². The maximum absolute atomic E-state index is 12.5. The number of hydrogen-bond donors (Lipinski definition) is 3. The van der Waals surface area contributed by atoms with Crippen molar-refractivity contribution >= 4 is 55.8 Å². The van der Waals surface area contributed by atoms with E-state index in [1.165, 1.54) is 5.46 Å². The van der Waals surface area contributed by atoms with Gasteiger partial charge in [-0.2, -0.15) is 0 Å². The normalized spacial score (nSPS) is 12.6. The summed E-state index contributed by atoms with van der Waals surface area (Å²) in [4.78, 5) is 41.4. The molecule has 1 heterocycles. The minimum absolute atomic E-state index is 0.0445. The maximum Gasteiger partial charge on any atom is 0.411 e. The highest BCUT2D eigenvalue weighted by molar-refractivity contribution is 6.33. The van der Waals surface area contributed by atoms with Crippen molar-refractivity contribution in [1.29, 1.82) is 0 Å². The Bertz CT molecular complexity index is 1590. The number of aromatic nitrogens is 1. The van der Waals surface area contributed by atoms with E-state index in [1.807, 2.05) is 83.5 Å². The summed E-state index contributed by atoms with van der Waals surface area (Å²) >= 11 is 0. The first kappa shape index (κ1) is 28.7. The third-order valence-electron chi connectivity index (χ3n) is 6.96. The zero-order chi connectivity index (χ0) is 28.8. The average Bonchev–Trinajstić information content (AvgIpc) is 2.92. The minimum atomic E-state index is -0.586. The first-order chi connectivity index (χ1) is 19.1. The van der Waals surface area contributed by atoms with E-state index in [0.29, 0.717) is 16.8 Å². The van der Waals surface area contributed by atoms with Crippen LogP contribution in [0.25, 0.3) is 10.8 Å². The van der Waals surface area contributed by atoms with Crippen molar-refractivity contribution < 1.29 is 14.3 Å². The Hall–Kier alpha value is -4.30. The molecule has 1 aromatic heterocycles. The summed E-state index contributed by atoms with van der Waals surface area (Å²) < 4.78 is 5.53. The fraction of sp³-hybridized carbons (Fsp3) is 0.233. The summed E-state index contributed by atoms with van der Waals surface area (Å²) in [6.07, 6.45) is 1.96. The lowest BCUT2D eigenvalue weighted by Gasteiger charge is -2.19. The molecule has 0 radical (unpaired) electrons. The SMILES string of the molecule is Bc1ccc(NC(=O)OC[C@H](C)c2ccc(C(C=O)Nc3ccc4cc[nH]c(=O)c4c3)cc2C)cc1CN(B)C. The second kappa shape index (κ2) is 12.7. The molecule has 0 saturated heterocycles. The van der Waals surface area contributed by atoms with Crippen LogP contribution in [-0.4, -0.2) is 51.7 Å². The van der Waals surface area contributed by atoms with Gasteiger partial charge in [0.1, 0.15) is 20.2 Å². The molecule has 0 saturated carbocycles. The summed E-state index contributed by atoms with van der Waals surface area (Å²) in [5.74, 6) is -0.0445. The Labute approximate surface area is 236 Å². The molecule has 40 heavy (non-hydrogen) atoms. The fourth-order valence-electron chi connectivity index (χ4n) is 4.80. The van der Waals surface area contributed by atoms with Crippen LogP contribution in [0.15, 0.2) is 71.7 Å². The van der Waals surface area contributed by atoms with E-state index in [0.717, 1.165) is 40.5 Å². The molecule has 1 amide bonds. The van der Waals surface area contributed by atoms with Crippen molar-refractivity contribution in [2.24, 2.45) is 0 Å². The molecule has 0 aliphatic heterocycles. The molecule has 0 bridgehead atoms. The smallest absolute Gasteiger partial charge is 0.411 e. The predicted molar refractivity (Wildman–Crippen MR) is 166 cm³/mol.